The smallest absolute Gasteiger partial charge is 0.383 e. The molecule has 3 rings (SSSR count). The van der Waals surface area contributed by atoms with Crippen molar-refractivity contribution >= 4 is 28.8 Å². The van der Waals surface area contributed by atoms with Crippen LogP contribution in [0.1, 0.15) is 11.4 Å². The third-order valence-corrected chi connectivity index (χ3v) is 2.80. The molecule has 0 atom stereocenters. The highest BCUT2D eigenvalue weighted by molar-refractivity contribution is 7.03. The van der Waals surface area contributed by atoms with Crippen LogP contribution in [-0.2, 0) is 9.47 Å². The molecule has 0 amide bonds. The number of hydrogen-bond acceptors (Lipinski definition) is 7. The summed E-state index contributed by atoms with van der Waals surface area (Å²) in [5, 5.41) is 7.53. The van der Waals surface area contributed by atoms with Crippen molar-refractivity contribution in [2.45, 2.75) is 0 Å². The molecule has 75 valence electrons. The lowest BCUT2D eigenvalue weighted by Crippen LogP contribution is -2.00. The Hall–Kier alpha value is -1.47. The summed E-state index contributed by atoms with van der Waals surface area (Å²) in [5.41, 5.74) is 1.36. The highest BCUT2D eigenvalue weighted by Gasteiger charge is 2.28. The van der Waals surface area contributed by atoms with Gasteiger partial charge in [0.1, 0.15) is 17.6 Å². The highest BCUT2D eigenvalue weighted by Crippen LogP contribution is 2.31. The topological polar surface area (TPSA) is 57.1 Å². The zero-order valence-electron chi connectivity index (χ0n) is 7.28. The molecular formula is C8H4N3O2S2. The number of ether oxygens (including phenoxy) is 2. The fourth-order valence-corrected chi connectivity index (χ4v) is 2.02. The van der Waals surface area contributed by atoms with Crippen LogP contribution >= 0.6 is 23.1 Å². The van der Waals surface area contributed by atoms with Crippen molar-refractivity contribution in [2.24, 2.45) is 0 Å². The van der Waals surface area contributed by atoms with Gasteiger partial charge < -0.3 is 9.47 Å². The molecule has 0 saturated carbocycles. The van der Waals surface area contributed by atoms with Crippen LogP contribution in [0.5, 0.6) is 0 Å². The molecule has 0 bridgehead atoms. The second-order valence-corrected chi connectivity index (χ2v) is 3.94. The maximum atomic E-state index is 5.45. The van der Waals surface area contributed by atoms with Crippen molar-refractivity contribution in [2.75, 3.05) is 0 Å². The second-order valence-electron chi connectivity index (χ2n) is 2.66. The van der Waals surface area contributed by atoms with Gasteiger partial charge in [-0.1, -0.05) is 4.49 Å². The summed E-state index contributed by atoms with van der Waals surface area (Å²) in [6, 6.07) is 1.83. The third-order valence-electron chi connectivity index (χ3n) is 1.74. The Morgan fingerprint density at radius 1 is 1.20 bits per heavy atom. The van der Waals surface area contributed by atoms with Gasteiger partial charge in [-0.25, -0.2) is 0 Å². The van der Waals surface area contributed by atoms with Crippen molar-refractivity contribution in [3.63, 3.8) is 0 Å². The molecule has 0 N–H and O–H groups in total. The Bertz CT molecular complexity index is 466. The molecule has 1 radical (unpaired) electrons. The van der Waals surface area contributed by atoms with Crippen molar-refractivity contribution in [3.8, 4) is 0 Å². The Labute approximate surface area is 93.3 Å². The van der Waals surface area contributed by atoms with E-state index < -0.39 is 0 Å². The van der Waals surface area contributed by atoms with Gasteiger partial charge in [-0.2, -0.15) is 4.37 Å². The molecule has 0 aliphatic carbocycles. The van der Waals surface area contributed by atoms with Gasteiger partial charge >= 0.3 is 6.29 Å². The summed E-state index contributed by atoms with van der Waals surface area (Å²) < 4.78 is 18.6. The van der Waals surface area contributed by atoms with Crippen LogP contribution in [-0.4, -0.2) is 14.0 Å². The largest absolute Gasteiger partial charge is 0.444 e. The molecule has 0 spiro atoms. The minimum Gasteiger partial charge on any atom is -0.444 e. The first-order chi connectivity index (χ1) is 7.43. The summed E-state index contributed by atoms with van der Waals surface area (Å²) >= 11 is 2.61. The predicted octanol–water partition coefficient (Wildman–Crippen LogP) is 1.88. The lowest BCUT2D eigenvalue weighted by molar-refractivity contribution is 0.128. The van der Waals surface area contributed by atoms with Crippen LogP contribution in [0.2, 0.25) is 0 Å². The number of hydrogen-bond donors (Lipinski definition) is 0. The maximum Gasteiger partial charge on any atom is 0.383 e. The molecule has 2 aromatic rings. The van der Waals surface area contributed by atoms with E-state index in [4.69, 9.17) is 9.47 Å². The molecule has 0 unspecified atom stereocenters. The standard InChI is InChI=1S/C8H4N3O2S2/c1-2-14-10-5(1)8-12-3-7(13-8)6-4-15-11-9-6/h1-4H. The fourth-order valence-electron chi connectivity index (χ4n) is 1.07. The van der Waals surface area contributed by atoms with Gasteiger partial charge in [-0.15, -0.1) is 5.10 Å². The lowest BCUT2D eigenvalue weighted by Gasteiger charge is -2.04. The van der Waals surface area contributed by atoms with Crippen LogP contribution in [0.15, 0.2) is 23.1 Å². The van der Waals surface area contributed by atoms with E-state index in [1.807, 2.05) is 11.4 Å². The van der Waals surface area contributed by atoms with E-state index in [-0.39, 0.29) is 0 Å². The predicted molar refractivity (Wildman–Crippen MR) is 54.5 cm³/mol. The molecule has 3 heterocycles. The first kappa shape index (κ1) is 8.81. The first-order valence-electron chi connectivity index (χ1n) is 4.03. The molecule has 0 fully saturated rings. The molecule has 1 aliphatic heterocycles. The van der Waals surface area contributed by atoms with E-state index in [2.05, 4.69) is 14.0 Å². The highest BCUT2D eigenvalue weighted by atomic mass is 32.1. The van der Waals surface area contributed by atoms with Crippen molar-refractivity contribution in [1.82, 2.24) is 14.0 Å². The van der Waals surface area contributed by atoms with E-state index in [0.717, 1.165) is 0 Å². The van der Waals surface area contributed by atoms with E-state index >= 15 is 0 Å². The van der Waals surface area contributed by atoms with Crippen LogP contribution in [0.3, 0.4) is 0 Å². The SMILES string of the molecule is C1=C(c2csnn2)O[C](c2ccsn2)O1. The molecule has 15 heavy (non-hydrogen) atoms. The normalized spacial score (nSPS) is 15.9. The summed E-state index contributed by atoms with van der Waals surface area (Å²) in [4.78, 5) is 0. The van der Waals surface area contributed by atoms with E-state index in [0.29, 0.717) is 23.4 Å². The van der Waals surface area contributed by atoms with E-state index in [1.54, 1.807) is 5.38 Å². The second kappa shape index (κ2) is 3.59. The number of rotatable bonds is 2. The first-order valence-corrected chi connectivity index (χ1v) is 5.70. The van der Waals surface area contributed by atoms with E-state index in [1.165, 1.54) is 29.3 Å². The molecule has 5 nitrogen and oxygen atoms in total. The van der Waals surface area contributed by atoms with Gasteiger partial charge in [0.2, 0.25) is 0 Å². The molecule has 0 aromatic carbocycles. The van der Waals surface area contributed by atoms with Crippen molar-refractivity contribution < 1.29 is 9.47 Å². The summed E-state index contributed by atoms with van der Waals surface area (Å²) in [7, 11) is 0. The Morgan fingerprint density at radius 2 is 2.20 bits per heavy atom. The van der Waals surface area contributed by atoms with E-state index in [9.17, 15) is 0 Å². The van der Waals surface area contributed by atoms with Crippen molar-refractivity contribution in [3.05, 3.63) is 40.8 Å². The summed E-state index contributed by atoms with van der Waals surface area (Å²) in [6.07, 6.45) is 1.89. The number of nitrogens with zero attached hydrogens (tertiary/aromatic N) is 3. The Balaban J connectivity index is 1.78. The van der Waals surface area contributed by atoms with Gasteiger partial charge in [-0.3, -0.25) is 0 Å². The zero-order chi connectivity index (χ0) is 10.1. The van der Waals surface area contributed by atoms with Crippen LogP contribution in [0.4, 0.5) is 0 Å². The monoisotopic (exact) mass is 238 g/mol. The van der Waals surface area contributed by atoms with Gasteiger partial charge in [0.15, 0.2) is 5.76 Å². The summed E-state index contributed by atoms with van der Waals surface area (Å²) in [6.45, 7) is 0. The summed E-state index contributed by atoms with van der Waals surface area (Å²) in [5.74, 6) is 0.562. The van der Waals surface area contributed by atoms with Gasteiger partial charge in [0.05, 0.1) is 0 Å². The quantitative estimate of drug-likeness (QED) is 0.799. The van der Waals surface area contributed by atoms with Crippen molar-refractivity contribution in [1.29, 1.82) is 0 Å². The zero-order valence-corrected chi connectivity index (χ0v) is 8.92. The molecule has 1 aliphatic rings. The average molecular weight is 238 g/mol. The molecule has 2 aromatic heterocycles. The minimum atomic E-state index is 0.388. The van der Waals surface area contributed by atoms with Crippen LogP contribution in [0.25, 0.3) is 5.76 Å². The third kappa shape index (κ3) is 1.59. The molecule has 0 saturated heterocycles. The van der Waals surface area contributed by atoms with Gasteiger partial charge in [-0.05, 0) is 29.1 Å². The fraction of sp³-hybridized carbons (Fsp3) is 0. The van der Waals surface area contributed by atoms with Crippen LogP contribution in [0, 0.1) is 6.29 Å². The Morgan fingerprint density at radius 3 is 2.93 bits per heavy atom. The maximum absolute atomic E-state index is 5.45. The Kier molecular flexibility index (Phi) is 2.11. The molecule has 7 heteroatoms. The average Bonchev–Trinajstić information content (AvgIpc) is 3.02. The van der Waals surface area contributed by atoms with Crippen LogP contribution < -0.4 is 0 Å². The lowest BCUT2D eigenvalue weighted by atomic mass is 10.4. The minimum absolute atomic E-state index is 0.388. The van der Waals surface area contributed by atoms with Gasteiger partial charge in [0.25, 0.3) is 0 Å². The number of aromatic nitrogens is 3. The van der Waals surface area contributed by atoms with Gasteiger partial charge in [0, 0.05) is 10.8 Å². The molecular weight excluding hydrogens is 234 g/mol.